The van der Waals surface area contributed by atoms with E-state index in [1.54, 1.807) is 68.4 Å². The van der Waals surface area contributed by atoms with Gasteiger partial charge in [-0.2, -0.15) is 26.3 Å². The summed E-state index contributed by atoms with van der Waals surface area (Å²) in [5, 5.41) is 4.19. The first-order chi connectivity index (χ1) is 50.8. The van der Waals surface area contributed by atoms with E-state index in [2.05, 4.69) is 97.6 Å². The summed E-state index contributed by atoms with van der Waals surface area (Å²) < 4.78 is 81.7. The molecule has 0 fully saturated rings. The van der Waals surface area contributed by atoms with Crippen molar-refractivity contribution in [2.24, 2.45) is 7.05 Å². The third-order valence-corrected chi connectivity index (χ3v) is 19.0. The van der Waals surface area contributed by atoms with Crippen LogP contribution in [-0.2, 0) is 19.4 Å². The fraction of sp³-hybridized carbons (Fsp3) is 0.100. The smallest absolute Gasteiger partial charge is 0.349 e. The number of aromatic nitrogens is 11. The van der Waals surface area contributed by atoms with Crippen LogP contribution >= 0.6 is 71.0 Å². The normalized spacial score (nSPS) is 11.4. The van der Waals surface area contributed by atoms with Gasteiger partial charge in [0.15, 0.2) is 0 Å². The van der Waals surface area contributed by atoms with E-state index in [4.69, 9.17) is 23.2 Å². The van der Waals surface area contributed by atoms with E-state index >= 15 is 0 Å². The molecule has 6 aromatic heterocycles. The minimum atomic E-state index is -4.54. The number of aromatic amines is 5. The van der Waals surface area contributed by atoms with E-state index < -0.39 is 29.0 Å². The molecular weight excluding hydrogens is 1620 g/mol. The number of alkyl halides is 6. The second-order valence-corrected chi connectivity index (χ2v) is 28.3. The van der Waals surface area contributed by atoms with E-state index in [0.29, 0.717) is 60.5 Å². The number of para-hydroxylation sites is 5. The molecule has 0 atom stereocenters. The molecule has 5 N–H and O–H groups in total. The minimum absolute atomic E-state index is 0.0461. The molecule has 0 radical (unpaired) electrons. The van der Waals surface area contributed by atoms with Crippen LogP contribution in [0.4, 0.5) is 26.3 Å². The number of nitrogens with zero attached hydrogens (tertiary/aromatic N) is 6. The lowest BCUT2D eigenvalue weighted by molar-refractivity contribution is -0.138. The molecule has 0 saturated carbocycles. The zero-order chi connectivity index (χ0) is 76.5. The molecule has 16 nitrogen and oxygen atoms in total. The summed E-state index contributed by atoms with van der Waals surface area (Å²) in [7, 11) is 1.93. The number of aryl methyl sites for hydroxylation is 6. The first-order valence-electron chi connectivity index (χ1n) is 32.4. The second kappa shape index (κ2) is 31.2. The average Bonchev–Trinajstić information content (AvgIpc) is 1.67. The molecule has 538 valence electrons. The van der Waals surface area contributed by atoms with Gasteiger partial charge in [0.1, 0.15) is 29.1 Å². The number of nitrogens with one attached hydrogen (secondary N) is 5. The van der Waals surface area contributed by atoms with Gasteiger partial charge in [0.25, 0.3) is 27.8 Å². The van der Waals surface area contributed by atoms with E-state index in [-0.39, 0.29) is 54.5 Å². The molecule has 27 heteroatoms. The fourth-order valence-electron chi connectivity index (χ4n) is 11.8. The number of halogens is 11. The Hall–Kier alpha value is -11.0. The molecule has 16 rings (SSSR count). The summed E-state index contributed by atoms with van der Waals surface area (Å²) in [4.78, 5) is 96.9. The van der Waals surface area contributed by atoms with Crippen LogP contribution in [0.25, 0.3) is 122 Å². The van der Waals surface area contributed by atoms with Crippen molar-refractivity contribution in [2.45, 2.75) is 47.0 Å². The molecule has 0 aliphatic carbocycles. The first-order valence-corrected chi connectivity index (χ1v) is 35.5. The fourth-order valence-corrected chi connectivity index (χ4v) is 13.6. The van der Waals surface area contributed by atoms with Gasteiger partial charge in [-0.25, -0.2) is 24.9 Å². The lowest BCUT2D eigenvalue weighted by Gasteiger charge is -2.10. The first kappa shape index (κ1) is 75.7. The maximum Gasteiger partial charge on any atom is 0.416 e. The van der Waals surface area contributed by atoms with Crippen molar-refractivity contribution in [1.29, 1.82) is 0 Å². The average molecular weight is 1680 g/mol. The summed E-state index contributed by atoms with van der Waals surface area (Å²) in [5.74, 6) is 1.88. The zero-order valence-electron chi connectivity index (χ0n) is 56.9. The highest BCUT2D eigenvalue weighted by molar-refractivity contribution is 9.11. The monoisotopic (exact) mass is 1670 g/mol. The van der Waals surface area contributed by atoms with Crippen LogP contribution in [0.5, 0.6) is 0 Å². The maximum absolute atomic E-state index is 12.9. The Morgan fingerprint density at radius 3 is 1.18 bits per heavy atom. The second-order valence-electron chi connectivity index (χ2n) is 24.7. The van der Waals surface area contributed by atoms with Crippen LogP contribution in [0.15, 0.2) is 238 Å². The Kier molecular flexibility index (Phi) is 22.1. The Labute approximate surface area is 638 Å². The van der Waals surface area contributed by atoms with Crippen LogP contribution in [0.3, 0.4) is 0 Å². The van der Waals surface area contributed by atoms with Crippen molar-refractivity contribution in [1.82, 2.24) is 54.4 Å². The number of rotatable bonds is 5. The summed E-state index contributed by atoms with van der Waals surface area (Å²) in [6.07, 6.45) is -7.07. The summed E-state index contributed by atoms with van der Waals surface area (Å²) in [6, 6.07) is 54.8. The third kappa shape index (κ3) is 17.0. The zero-order valence-corrected chi connectivity index (χ0v) is 63.2. The molecule has 0 aliphatic heterocycles. The van der Waals surface area contributed by atoms with Crippen LogP contribution in [0.1, 0.15) is 38.9 Å². The SMILES string of the molecule is Cc1ccc2c(=O)[nH]c(-c3cccc(Br)c3)nc2c1.Cc1cccc2c(=O)[nH]c(-c3cc(Br)cc(C(F)(F)F)c3)nc12.Cc1cccc2c(=O)[nH]c(-c3cc(Cl)cc(C(F)(F)F)c3)nc12.Cc1cccc2c(=O)[nH]c(-c3cccc(Br)c3)nc12.Cc1cccc2c(=O)[nH]c(-c3cn(C)c4c(Cl)cccc34)nc12. The highest BCUT2D eigenvalue weighted by atomic mass is 79.9. The number of H-pyrrole nitrogens is 5. The van der Waals surface area contributed by atoms with E-state index in [1.165, 1.54) is 12.1 Å². The van der Waals surface area contributed by atoms with Crippen molar-refractivity contribution in [3.63, 3.8) is 0 Å². The summed E-state index contributed by atoms with van der Waals surface area (Å²) in [5.41, 5.74) is 8.72. The van der Waals surface area contributed by atoms with Gasteiger partial charge >= 0.3 is 12.4 Å². The molecule has 0 spiro atoms. The predicted octanol–water partition coefficient (Wildman–Crippen LogP) is 20.6. The lowest BCUT2D eigenvalue weighted by atomic mass is 10.1. The molecule has 0 aliphatic rings. The van der Waals surface area contributed by atoms with E-state index in [1.807, 2.05) is 142 Å². The molecule has 0 amide bonds. The standard InChI is InChI=1S/C18H14ClN3O.C16H10BrF3N2O.C16H10ClF3N2O.2C15H11BrN2O/c1-10-5-3-7-12-15(10)20-17(21-18(12)23)13-9-22(2)16-11(13)6-4-8-14(16)19;2*1-8-3-2-4-12-13(8)21-14(22-15(12)23)9-5-10(16(18,19)20)7-11(17)6-9;1-9-4-2-7-12-13(9)17-14(18-15(12)19)10-5-3-6-11(16)8-10;1-9-5-6-12-13(7-9)17-14(18-15(12)19)10-3-2-4-11(16)8-10/h3-9H,1-2H3,(H,20,21,23);2*2-7H,1H3,(H,21,22,23);2*2-8H,1H3,(H,17,18,19). The highest BCUT2D eigenvalue weighted by Crippen LogP contribution is 2.37. The molecule has 0 bridgehead atoms. The number of hydrogen-bond acceptors (Lipinski definition) is 10. The van der Waals surface area contributed by atoms with Crippen LogP contribution in [-0.4, -0.2) is 54.4 Å². The molecule has 6 heterocycles. The van der Waals surface area contributed by atoms with Gasteiger partial charge in [-0.05, 0) is 166 Å². The predicted molar refractivity (Wildman–Crippen MR) is 422 cm³/mol. The van der Waals surface area contributed by atoms with Crippen LogP contribution in [0.2, 0.25) is 10.0 Å². The molecule has 107 heavy (non-hydrogen) atoms. The van der Waals surface area contributed by atoms with Gasteiger partial charge in [0.05, 0.1) is 76.2 Å². The minimum Gasteiger partial charge on any atom is -0.349 e. The highest BCUT2D eigenvalue weighted by Gasteiger charge is 2.33. The quantitative estimate of drug-likeness (QED) is 0.102. The van der Waals surface area contributed by atoms with Crippen molar-refractivity contribution >= 4 is 136 Å². The maximum atomic E-state index is 12.9. The van der Waals surface area contributed by atoms with Gasteiger partial charge in [-0.1, -0.05) is 162 Å². The van der Waals surface area contributed by atoms with Gasteiger partial charge in [0.2, 0.25) is 0 Å². The topological polar surface area (TPSA) is 234 Å². The summed E-state index contributed by atoms with van der Waals surface area (Å²) in [6.45, 7) is 9.47. The lowest BCUT2D eigenvalue weighted by Crippen LogP contribution is -2.11. The Balaban J connectivity index is 0.000000125. The molecule has 0 saturated heterocycles. The van der Waals surface area contributed by atoms with Crippen molar-refractivity contribution in [3.05, 3.63) is 314 Å². The van der Waals surface area contributed by atoms with Gasteiger partial charge < -0.3 is 29.5 Å². The molecule has 0 unspecified atom stereocenters. The van der Waals surface area contributed by atoms with Gasteiger partial charge in [0, 0.05) is 64.9 Å². The molecular formula is C80H56Br3Cl2F6N11O5. The van der Waals surface area contributed by atoms with E-state index in [9.17, 15) is 50.3 Å². The largest absolute Gasteiger partial charge is 0.416 e. The van der Waals surface area contributed by atoms with E-state index in [0.717, 1.165) is 105 Å². The third-order valence-electron chi connectivity index (χ3n) is 17.0. The molecule has 10 aromatic carbocycles. The van der Waals surface area contributed by atoms with Crippen molar-refractivity contribution in [3.8, 4) is 56.9 Å². The Morgan fingerprint density at radius 2 is 0.729 bits per heavy atom. The van der Waals surface area contributed by atoms with Gasteiger partial charge in [-0.3, -0.25) is 24.0 Å². The van der Waals surface area contributed by atoms with Gasteiger partial charge in [-0.15, -0.1) is 0 Å². The molecule has 16 aromatic rings. The summed E-state index contributed by atoms with van der Waals surface area (Å²) >= 11 is 22.0. The van der Waals surface area contributed by atoms with Crippen molar-refractivity contribution in [2.75, 3.05) is 0 Å². The van der Waals surface area contributed by atoms with Crippen molar-refractivity contribution < 1.29 is 26.3 Å². The Bertz CT molecular complexity index is 6360. The number of benzene rings is 10. The van der Waals surface area contributed by atoms with Crippen LogP contribution in [0, 0.1) is 34.6 Å². The van der Waals surface area contributed by atoms with Crippen LogP contribution < -0.4 is 27.8 Å². The Morgan fingerprint density at radius 1 is 0.364 bits per heavy atom. The number of fused-ring (bicyclic) bond motifs is 6. The number of hydrogen-bond donors (Lipinski definition) is 5.